The van der Waals surface area contributed by atoms with Crippen molar-refractivity contribution < 1.29 is 19.0 Å². The van der Waals surface area contributed by atoms with Gasteiger partial charge in [-0.15, -0.1) is 0 Å². The number of methoxy groups -OCH3 is 1. The number of carbonyl (C=O) groups excluding carboxylic acids is 1. The second-order valence-corrected chi connectivity index (χ2v) is 6.01. The third-order valence-electron chi connectivity index (χ3n) is 4.12. The van der Waals surface area contributed by atoms with Crippen molar-refractivity contribution in [3.8, 4) is 17.2 Å². The average Bonchev–Trinajstić information content (AvgIpc) is 2.68. The molecule has 3 rings (SSSR count). The molecular weight excluding hydrogens is 330 g/mol. The monoisotopic (exact) mass is 353 g/mol. The van der Waals surface area contributed by atoms with Crippen molar-refractivity contribution in [2.75, 3.05) is 25.6 Å². The van der Waals surface area contributed by atoms with E-state index in [1.807, 2.05) is 48.5 Å². The van der Waals surface area contributed by atoms with Gasteiger partial charge in [0.1, 0.15) is 23.9 Å². The molecule has 1 heterocycles. The van der Waals surface area contributed by atoms with E-state index < -0.39 is 0 Å². The Morgan fingerprint density at radius 2 is 2.08 bits per heavy atom. The van der Waals surface area contributed by atoms with E-state index in [4.69, 9.17) is 14.2 Å². The average molecular weight is 353 g/mol. The zero-order valence-electron chi connectivity index (χ0n) is 15.1. The predicted molar refractivity (Wildman–Crippen MR) is 102 cm³/mol. The van der Waals surface area contributed by atoms with Gasteiger partial charge < -0.3 is 19.5 Å². The number of carbonyl (C=O) groups is 1. The predicted octanol–water partition coefficient (Wildman–Crippen LogP) is 4.29. The molecule has 0 radical (unpaired) electrons. The minimum atomic E-state index is -0.196. The first-order valence-electron chi connectivity index (χ1n) is 8.76. The number of hydrogen-bond acceptors (Lipinski definition) is 4. The van der Waals surface area contributed by atoms with Crippen LogP contribution < -0.4 is 19.5 Å². The van der Waals surface area contributed by atoms with E-state index in [-0.39, 0.29) is 12.5 Å². The fourth-order valence-corrected chi connectivity index (χ4v) is 2.63. The van der Waals surface area contributed by atoms with Crippen LogP contribution in [0.25, 0.3) is 6.08 Å². The minimum absolute atomic E-state index is 0.196. The molecule has 0 unspecified atom stereocenters. The van der Waals surface area contributed by atoms with E-state index in [2.05, 4.69) is 12.2 Å². The third kappa shape index (κ3) is 4.17. The van der Waals surface area contributed by atoms with Gasteiger partial charge in [-0.1, -0.05) is 25.5 Å². The first-order valence-corrected chi connectivity index (χ1v) is 8.76. The van der Waals surface area contributed by atoms with Gasteiger partial charge in [0.25, 0.3) is 5.91 Å². The number of rotatable bonds is 7. The molecule has 1 amide bonds. The van der Waals surface area contributed by atoms with Crippen molar-refractivity contribution in [3.63, 3.8) is 0 Å². The van der Waals surface area contributed by atoms with Crippen LogP contribution in [0.2, 0.25) is 0 Å². The van der Waals surface area contributed by atoms with Crippen LogP contribution in [0.15, 0.2) is 48.0 Å². The Kier molecular flexibility index (Phi) is 5.79. The highest BCUT2D eigenvalue weighted by Gasteiger charge is 2.19. The van der Waals surface area contributed by atoms with Crippen molar-refractivity contribution >= 4 is 17.7 Å². The van der Waals surface area contributed by atoms with Crippen molar-refractivity contribution in [1.29, 1.82) is 0 Å². The van der Waals surface area contributed by atoms with Gasteiger partial charge in [-0.2, -0.15) is 0 Å². The van der Waals surface area contributed by atoms with Gasteiger partial charge >= 0.3 is 0 Å². The summed E-state index contributed by atoms with van der Waals surface area (Å²) in [5.74, 6) is 1.92. The van der Waals surface area contributed by atoms with Crippen LogP contribution in [0.1, 0.15) is 25.3 Å². The van der Waals surface area contributed by atoms with E-state index in [1.165, 1.54) is 0 Å². The topological polar surface area (TPSA) is 56.8 Å². The Bertz CT molecular complexity index is 813. The molecule has 26 heavy (non-hydrogen) atoms. The standard InChI is InChI=1S/C21H23NO4/c1-3-4-11-25-19-8-6-5-7-18(19)22-21(23)16-12-15-9-10-17(24-2)13-20(15)26-14-16/h5-10,12-13H,3-4,11,14H2,1-2H3,(H,22,23). The number of unbranched alkanes of at least 4 members (excludes halogenated alkanes) is 1. The van der Waals surface area contributed by atoms with Crippen molar-refractivity contribution in [3.05, 3.63) is 53.6 Å². The molecule has 1 aliphatic rings. The first kappa shape index (κ1) is 17.9. The molecule has 0 saturated carbocycles. The molecule has 0 fully saturated rings. The van der Waals surface area contributed by atoms with E-state index in [0.29, 0.717) is 29.4 Å². The highest BCUT2D eigenvalue weighted by molar-refractivity contribution is 6.08. The lowest BCUT2D eigenvalue weighted by atomic mass is 10.1. The second kappa shape index (κ2) is 8.43. The van der Waals surface area contributed by atoms with E-state index in [9.17, 15) is 4.79 Å². The van der Waals surface area contributed by atoms with Gasteiger partial charge in [-0.05, 0) is 36.8 Å². The molecule has 1 aliphatic heterocycles. The highest BCUT2D eigenvalue weighted by Crippen LogP contribution is 2.31. The van der Waals surface area contributed by atoms with Crippen LogP contribution in [-0.2, 0) is 4.79 Å². The normalized spacial score (nSPS) is 12.5. The number of ether oxygens (including phenoxy) is 3. The summed E-state index contributed by atoms with van der Waals surface area (Å²) in [7, 11) is 1.61. The zero-order chi connectivity index (χ0) is 18.4. The summed E-state index contributed by atoms with van der Waals surface area (Å²) < 4.78 is 16.7. The van der Waals surface area contributed by atoms with Crippen LogP contribution in [0.4, 0.5) is 5.69 Å². The van der Waals surface area contributed by atoms with E-state index >= 15 is 0 Å². The van der Waals surface area contributed by atoms with Crippen LogP contribution in [0.5, 0.6) is 17.2 Å². The van der Waals surface area contributed by atoms with Crippen LogP contribution in [0, 0.1) is 0 Å². The molecule has 2 aromatic carbocycles. The number of benzene rings is 2. The maximum absolute atomic E-state index is 12.6. The number of fused-ring (bicyclic) bond motifs is 1. The highest BCUT2D eigenvalue weighted by atomic mass is 16.5. The summed E-state index contributed by atoms with van der Waals surface area (Å²) >= 11 is 0. The number of para-hydroxylation sites is 2. The fraction of sp³-hybridized carbons (Fsp3) is 0.286. The van der Waals surface area contributed by atoms with Gasteiger partial charge in [-0.25, -0.2) is 0 Å². The molecule has 0 bridgehead atoms. The first-order chi connectivity index (χ1) is 12.7. The van der Waals surface area contributed by atoms with Crippen LogP contribution in [0.3, 0.4) is 0 Å². The molecule has 136 valence electrons. The molecule has 0 atom stereocenters. The van der Waals surface area contributed by atoms with Crippen LogP contribution in [-0.4, -0.2) is 26.2 Å². The molecule has 0 saturated heterocycles. The maximum Gasteiger partial charge on any atom is 0.255 e. The smallest absolute Gasteiger partial charge is 0.255 e. The Morgan fingerprint density at radius 1 is 1.23 bits per heavy atom. The molecular formula is C21H23NO4. The number of amides is 1. The minimum Gasteiger partial charge on any atom is -0.497 e. The maximum atomic E-state index is 12.6. The summed E-state index contributed by atoms with van der Waals surface area (Å²) in [6, 6.07) is 13.0. The largest absolute Gasteiger partial charge is 0.497 e. The summed E-state index contributed by atoms with van der Waals surface area (Å²) in [4.78, 5) is 12.6. The lowest BCUT2D eigenvalue weighted by Gasteiger charge is -2.19. The quantitative estimate of drug-likeness (QED) is 0.755. The van der Waals surface area contributed by atoms with E-state index in [1.54, 1.807) is 7.11 Å². The molecule has 5 nitrogen and oxygen atoms in total. The van der Waals surface area contributed by atoms with Gasteiger partial charge in [0.2, 0.25) is 0 Å². The molecule has 5 heteroatoms. The van der Waals surface area contributed by atoms with Gasteiger partial charge in [0, 0.05) is 11.6 Å². The van der Waals surface area contributed by atoms with Crippen molar-refractivity contribution in [2.45, 2.75) is 19.8 Å². The SMILES string of the molecule is CCCCOc1ccccc1NC(=O)C1=Cc2ccc(OC)cc2OC1. The summed E-state index contributed by atoms with van der Waals surface area (Å²) in [5.41, 5.74) is 2.08. The zero-order valence-corrected chi connectivity index (χ0v) is 15.1. The van der Waals surface area contributed by atoms with Crippen LogP contribution >= 0.6 is 0 Å². The van der Waals surface area contributed by atoms with Gasteiger partial charge in [0.05, 0.1) is 25.0 Å². The third-order valence-corrected chi connectivity index (χ3v) is 4.12. The lowest BCUT2D eigenvalue weighted by molar-refractivity contribution is -0.113. The summed E-state index contributed by atoms with van der Waals surface area (Å²) in [6.45, 7) is 2.95. The van der Waals surface area contributed by atoms with E-state index in [0.717, 1.165) is 24.2 Å². The van der Waals surface area contributed by atoms with Gasteiger partial charge in [-0.3, -0.25) is 4.79 Å². The Hall–Kier alpha value is -2.95. The number of anilines is 1. The Balaban J connectivity index is 1.73. The Labute approximate surface area is 153 Å². The summed E-state index contributed by atoms with van der Waals surface area (Å²) in [5, 5.41) is 2.92. The van der Waals surface area contributed by atoms with Crippen molar-refractivity contribution in [1.82, 2.24) is 0 Å². The summed E-state index contributed by atoms with van der Waals surface area (Å²) in [6.07, 6.45) is 3.87. The molecule has 0 aliphatic carbocycles. The fourth-order valence-electron chi connectivity index (χ4n) is 2.63. The Morgan fingerprint density at radius 3 is 2.88 bits per heavy atom. The molecule has 2 aromatic rings. The van der Waals surface area contributed by atoms with Crippen molar-refractivity contribution in [2.24, 2.45) is 0 Å². The number of nitrogens with one attached hydrogen (secondary N) is 1. The second-order valence-electron chi connectivity index (χ2n) is 6.01. The molecule has 0 aromatic heterocycles. The lowest BCUT2D eigenvalue weighted by Crippen LogP contribution is -2.21. The van der Waals surface area contributed by atoms with Gasteiger partial charge in [0.15, 0.2) is 0 Å². The molecule has 0 spiro atoms. The molecule has 1 N–H and O–H groups in total. The number of hydrogen-bond donors (Lipinski definition) is 1.